The predicted molar refractivity (Wildman–Crippen MR) is 70.4 cm³/mol. The van der Waals surface area contributed by atoms with E-state index in [9.17, 15) is 0 Å². The van der Waals surface area contributed by atoms with Crippen LogP contribution in [0.4, 0.5) is 0 Å². The van der Waals surface area contributed by atoms with E-state index in [1.54, 1.807) is 7.11 Å². The number of rotatable bonds is 4. The van der Waals surface area contributed by atoms with E-state index in [1.165, 1.54) is 18.4 Å². The van der Waals surface area contributed by atoms with Gasteiger partial charge in [-0.05, 0) is 31.0 Å². The second-order valence-corrected chi connectivity index (χ2v) is 5.17. The highest BCUT2D eigenvalue weighted by molar-refractivity contribution is 5.86. The number of ether oxygens (including phenoxy) is 1. The lowest BCUT2D eigenvalue weighted by atomic mass is 10.0. The molecule has 1 saturated carbocycles. The van der Waals surface area contributed by atoms with Gasteiger partial charge in [-0.3, -0.25) is 0 Å². The van der Waals surface area contributed by atoms with Gasteiger partial charge in [0.1, 0.15) is 5.75 Å². The molecule has 0 amide bonds. The summed E-state index contributed by atoms with van der Waals surface area (Å²) in [6.45, 7) is 0.942. The van der Waals surface area contributed by atoms with Gasteiger partial charge in [0.05, 0.1) is 18.7 Å². The van der Waals surface area contributed by atoms with Crippen molar-refractivity contribution in [2.75, 3.05) is 7.11 Å². The molecule has 0 unspecified atom stereocenters. The van der Waals surface area contributed by atoms with Crippen LogP contribution in [0, 0.1) is 16.7 Å². The zero-order chi connectivity index (χ0) is 12.6. The van der Waals surface area contributed by atoms with Gasteiger partial charge in [-0.25, -0.2) is 0 Å². The Kier molecular flexibility index (Phi) is 2.52. The monoisotopic (exact) mass is 240 g/mol. The largest absolute Gasteiger partial charge is 0.496 e. The third-order valence-corrected chi connectivity index (χ3v) is 3.91. The van der Waals surface area contributed by atoms with Crippen LogP contribution < -0.4 is 4.74 Å². The van der Waals surface area contributed by atoms with Crippen molar-refractivity contribution in [3.8, 4) is 11.8 Å². The number of methoxy groups -OCH3 is 1. The molecule has 0 N–H and O–H groups in total. The highest BCUT2D eigenvalue weighted by Crippen LogP contribution is 2.50. The topological polar surface area (TPSA) is 38.0 Å². The van der Waals surface area contributed by atoms with E-state index in [1.807, 2.05) is 12.1 Å². The second kappa shape index (κ2) is 4.06. The molecule has 1 aliphatic carbocycles. The van der Waals surface area contributed by atoms with Crippen LogP contribution in [0.1, 0.15) is 19.3 Å². The van der Waals surface area contributed by atoms with E-state index in [0.29, 0.717) is 6.42 Å². The molecular formula is C15H16N2O. The Labute approximate surface area is 107 Å². The highest BCUT2D eigenvalue weighted by atomic mass is 16.5. The molecule has 18 heavy (non-hydrogen) atoms. The van der Waals surface area contributed by atoms with Crippen LogP contribution in [-0.4, -0.2) is 11.7 Å². The van der Waals surface area contributed by atoms with E-state index in [-0.39, 0.29) is 5.41 Å². The fourth-order valence-electron chi connectivity index (χ4n) is 2.61. The Morgan fingerprint density at radius 3 is 2.89 bits per heavy atom. The molecule has 92 valence electrons. The zero-order valence-corrected chi connectivity index (χ0v) is 10.5. The van der Waals surface area contributed by atoms with Gasteiger partial charge in [-0.15, -0.1) is 0 Å². The third kappa shape index (κ3) is 1.74. The Morgan fingerprint density at radius 2 is 2.22 bits per heavy atom. The molecule has 2 aromatic rings. The van der Waals surface area contributed by atoms with E-state index in [2.05, 4.69) is 29.0 Å². The fourth-order valence-corrected chi connectivity index (χ4v) is 2.61. The number of nitriles is 1. The standard InChI is InChI=1S/C15H16N2O/c1-18-14-4-2-3-13-12(14)5-10-17(13)11-15(6-7-15)8-9-16/h2-5,10H,6-8,11H2,1H3. The number of benzene rings is 1. The SMILES string of the molecule is COc1cccc2c1ccn2CC1(CC#N)CC1. The van der Waals surface area contributed by atoms with Crippen molar-refractivity contribution >= 4 is 10.9 Å². The summed E-state index contributed by atoms with van der Waals surface area (Å²) in [5.74, 6) is 0.913. The summed E-state index contributed by atoms with van der Waals surface area (Å²) in [5.41, 5.74) is 1.42. The predicted octanol–water partition coefficient (Wildman–Crippen LogP) is 3.34. The minimum Gasteiger partial charge on any atom is -0.496 e. The molecule has 0 bridgehead atoms. The van der Waals surface area contributed by atoms with Gasteiger partial charge in [-0.1, -0.05) is 6.07 Å². The van der Waals surface area contributed by atoms with Crippen LogP contribution in [0.25, 0.3) is 10.9 Å². The summed E-state index contributed by atoms with van der Waals surface area (Å²) in [6, 6.07) is 10.5. The normalized spacial score (nSPS) is 16.4. The minimum absolute atomic E-state index is 0.226. The Balaban J connectivity index is 1.97. The first-order chi connectivity index (χ1) is 8.78. The molecule has 0 spiro atoms. The highest BCUT2D eigenvalue weighted by Gasteiger charge is 2.42. The van der Waals surface area contributed by atoms with Gasteiger partial charge < -0.3 is 9.30 Å². The summed E-state index contributed by atoms with van der Waals surface area (Å²) >= 11 is 0. The quantitative estimate of drug-likeness (QED) is 0.822. The summed E-state index contributed by atoms with van der Waals surface area (Å²) in [4.78, 5) is 0. The van der Waals surface area contributed by atoms with Gasteiger partial charge >= 0.3 is 0 Å². The first kappa shape index (κ1) is 11.2. The average Bonchev–Trinajstić information content (AvgIpc) is 3.02. The number of nitrogens with zero attached hydrogens (tertiary/aromatic N) is 2. The van der Waals surface area contributed by atoms with Gasteiger partial charge in [0.25, 0.3) is 0 Å². The van der Waals surface area contributed by atoms with E-state index in [4.69, 9.17) is 10.00 Å². The zero-order valence-electron chi connectivity index (χ0n) is 10.5. The van der Waals surface area contributed by atoms with Crippen LogP contribution in [0.5, 0.6) is 5.75 Å². The van der Waals surface area contributed by atoms with Crippen molar-refractivity contribution < 1.29 is 4.74 Å². The summed E-state index contributed by atoms with van der Waals surface area (Å²) in [6.07, 6.45) is 5.11. The summed E-state index contributed by atoms with van der Waals surface area (Å²) in [7, 11) is 1.70. The smallest absolute Gasteiger partial charge is 0.128 e. The van der Waals surface area contributed by atoms with Crippen LogP contribution in [0.2, 0.25) is 0 Å². The first-order valence-corrected chi connectivity index (χ1v) is 6.27. The average molecular weight is 240 g/mol. The Morgan fingerprint density at radius 1 is 1.39 bits per heavy atom. The molecule has 1 aromatic carbocycles. The van der Waals surface area contributed by atoms with Crippen molar-refractivity contribution in [3.05, 3.63) is 30.5 Å². The van der Waals surface area contributed by atoms with E-state index < -0.39 is 0 Å². The van der Waals surface area contributed by atoms with Crippen molar-refractivity contribution in [1.29, 1.82) is 5.26 Å². The van der Waals surface area contributed by atoms with Crippen molar-refractivity contribution in [2.24, 2.45) is 5.41 Å². The molecule has 1 aliphatic rings. The summed E-state index contributed by atoms with van der Waals surface area (Å²) < 4.78 is 7.62. The molecule has 1 aromatic heterocycles. The second-order valence-electron chi connectivity index (χ2n) is 5.17. The number of aromatic nitrogens is 1. The molecule has 0 radical (unpaired) electrons. The number of hydrogen-bond donors (Lipinski definition) is 0. The van der Waals surface area contributed by atoms with Crippen molar-refractivity contribution in [2.45, 2.75) is 25.8 Å². The minimum atomic E-state index is 0.226. The number of hydrogen-bond acceptors (Lipinski definition) is 2. The molecule has 0 saturated heterocycles. The number of fused-ring (bicyclic) bond motifs is 1. The van der Waals surface area contributed by atoms with Crippen molar-refractivity contribution in [3.63, 3.8) is 0 Å². The van der Waals surface area contributed by atoms with Crippen LogP contribution >= 0.6 is 0 Å². The van der Waals surface area contributed by atoms with Gasteiger partial charge in [0, 0.05) is 30.0 Å². The summed E-state index contributed by atoms with van der Waals surface area (Å²) in [5, 5.41) is 10.0. The van der Waals surface area contributed by atoms with Gasteiger partial charge in [0.15, 0.2) is 0 Å². The lowest BCUT2D eigenvalue weighted by Crippen LogP contribution is -2.10. The van der Waals surface area contributed by atoms with Crippen LogP contribution in [-0.2, 0) is 6.54 Å². The fraction of sp³-hybridized carbons (Fsp3) is 0.400. The van der Waals surface area contributed by atoms with Crippen molar-refractivity contribution in [1.82, 2.24) is 4.57 Å². The third-order valence-electron chi connectivity index (χ3n) is 3.91. The molecule has 1 fully saturated rings. The molecule has 3 nitrogen and oxygen atoms in total. The molecule has 3 heteroatoms. The van der Waals surface area contributed by atoms with E-state index >= 15 is 0 Å². The first-order valence-electron chi connectivity index (χ1n) is 6.27. The molecule has 3 rings (SSSR count). The Bertz CT molecular complexity index is 617. The molecular weight excluding hydrogens is 224 g/mol. The lowest BCUT2D eigenvalue weighted by Gasteiger charge is -2.13. The van der Waals surface area contributed by atoms with Crippen LogP contribution in [0.3, 0.4) is 0 Å². The van der Waals surface area contributed by atoms with E-state index in [0.717, 1.165) is 17.7 Å². The van der Waals surface area contributed by atoms with Gasteiger partial charge in [-0.2, -0.15) is 5.26 Å². The molecule has 1 heterocycles. The molecule has 0 aliphatic heterocycles. The molecule has 0 atom stereocenters. The van der Waals surface area contributed by atoms with Crippen LogP contribution in [0.15, 0.2) is 30.5 Å². The maximum Gasteiger partial charge on any atom is 0.128 e. The maximum atomic E-state index is 8.89. The maximum absolute atomic E-state index is 8.89. The van der Waals surface area contributed by atoms with Gasteiger partial charge in [0.2, 0.25) is 0 Å². The Hall–Kier alpha value is -1.95. The lowest BCUT2D eigenvalue weighted by molar-refractivity contribution is 0.419.